The minimum Gasteiger partial charge on any atom is -0.494 e. The predicted octanol–water partition coefficient (Wildman–Crippen LogP) is 6.60. The Morgan fingerprint density at radius 1 is 0.684 bits per heavy atom. The van der Waals surface area contributed by atoms with Crippen molar-refractivity contribution in [2.45, 2.75) is 40.0 Å². The number of carbonyl (C=O) groups is 3. The normalized spacial score (nSPS) is 9.87. The molecule has 3 rings (SSSR count). The number of carbonyl (C=O) groups excluding carboxylic acids is 3. The van der Waals surface area contributed by atoms with Gasteiger partial charge in [0, 0.05) is 6.08 Å². The van der Waals surface area contributed by atoms with Crippen molar-refractivity contribution >= 4 is 17.9 Å². The smallest absolute Gasteiger partial charge is 0.343 e. The topological polar surface area (TPSA) is 88.1 Å². The molecule has 0 amide bonds. The molecule has 3 aromatic rings. The van der Waals surface area contributed by atoms with Gasteiger partial charge in [0.15, 0.2) is 0 Å². The second kappa shape index (κ2) is 16.4. The molecule has 0 heterocycles. The van der Waals surface area contributed by atoms with Crippen LogP contribution in [0, 0.1) is 0 Å². The molecule has 38 heavy (non-hydrogen) atoms. The minimum absolute atomic E-state index is 0.307. The van der Waals surface area contributed by atoms with E-state index < -0.39 is 17.9 Å². The zero-order valence-electron chi connectivity index (χ0n) is 22.1. The summed E-state index contributed by atoms with van der Waals surface area (Å²) in [5, 5.41) is 0. The van der Waals surface area contributed by atoms with Gasteiger partial charge in [0.25, 0.3) is 0 Å². The first kappa shape index (κ1) is 29.8. The Kier molecular flexibility index (Phi) is 12.9. The van der Waals surface area contributed by atoms with Gasteiger partial charge in [-0.05, 0) is 85.5 Å². The van der Waals surface area contributed by atoms with E-state index in [1.54, 1.807) is 60.7 Å². The van der Waals surface area contributed by atoms with Crippen molar-refractivity contribution in [3.8, 4) is 17.2 Å². The van der Waals surface area contributed by atoms with Crippen LogP contribution in [0.3, 0.4) is 0 Å². The van der Waals surface area contributed by atoms with Gasteiger partial charge in [0.1, 0.15) is 17.2 Å². The fraction of sp³-hybridized carbons (Fsp3) is 0.258. The number of esters is 3. The van der Waals surface area contributed by atoms with Crippen LogP contribution in [0.1, 0.15) is 59.9 Å². The number of benzene rings is 3. The van der Waals surface area contributed by atoms with Crippen LogP contribution < -0.4 is 14.2 Å². The summed E-state index contributed by atoms with van der Waals surface area (Å²) in [6.45, 7) is 10.2. The minimum atomic E-state index is -0.531. The summed E-state index contributed by atoms with van der Waals surface area (Å²) in [4.78, 5) is 35.8. The van der Waals surface area contributed by atoms with Crippen molar-refractivity contribution in [3.05, 3.63) is 102 Å². The number of hydrogen-bond acceptors (Lipinski definition) is 7. The highest BCUT2D eigenvalue weighted by Gasteiger charge is 2.12. The van der Waals surface area contributed by atoms with Crippen molar-refractivity contribution < 1.29 is 33.3 Å². The summed E-state index contributed by atoms with van der Waals surface area (Å²) < 4.78 is 21.3. The molecule has 0 atom stereocenters. The first-order chi connectivity index (χ1) is 18.5. The number of unbranched alkanes of at least 4 members (excludes halogenated alkanes) is 1. The lowest BCUT2D eigenvalue weighted by molar-refractivity contribution is -0.137. The van der Waals surface area contributed by atoms with Gasteiger partial charge in [0.05, 0.1) is 24.3 Å². The molecule has 200 valence electrons. The number of aryl methyl sites for hydroxylation is 1. The molecule has 0 aliphatic carbocycles. The van der Waals surface area contributed by atoms with E-state index in [1.807, 2.05) is 26.0 Å². The summed E-state index contributed by atoms with van der Waals surface area (Å²) in [5.41, 5.74) is 1.86. The number of ether oxygens (including phenoxy) is 4. The fourth-order valence-electron chi connectivity index (χ4n) is 3.10. The quantitative estimate of drug-likeness (QED) is 0.115. The van der Waals surface area contributed by atoms with E-state index in [1.165, 1.54) is 0 Å². The van der Waals surface area contributed by atoms with E-state index >= 15 is 0 Å². The lowest BCUT2D eigenvalue weighted by Crippen LogP contribution is -2.10. The maximum atomic E-state index is 12.4. The fourth-order valence-corrected chi connectivity index (χ4v) is 3.10. The monoisotopic (exact) mass is 518 g/mol. The van der Waals surface area contributed by atoms with Crippen LogP contribution in [0.2, 0.25) is 0 Å². The molecule has 0 bridgehead atoms. The Bertz CT molecular complexity index is 1160. The molecule has 0 saturated carbocycles. The van der Waals surface area contributed by atoms with Gasteiger partial charge in [0.2, 0.25) is 0 Å². The molecule has 0 aromatic heterocycles. The van der Waals surface area contributed by atoms with Crippen LogP contribution in [-0.4, -0.2) is 31.1 Å². The Morgan fingerprint density at radius 2 is 1.13 bits per heavy atom. The molecule has 0 spiro atoms. The first-order valence-electron chi connectivity index (χ1n) is 12.6. The largest absolute Gasteiger partial charge is 0.494 e. The third-order valence-corrected chi connectivity index (χ3v) is 5.15. The maximum Gasteiger partial charge on any atom is 0.343 e. The SMILES string of the molecule is C=CC(=O)OCCCCOc1ccc(C(=O)Oc2ccc(C(=O)Oc3ccc(CC)cc3)cc2)cc1.CC. The van der Waals surface area contributed by atoms with E-state index in [-0.39, 0.29) is 0 Å². The molecule has 3 aromatic carbocycles. The Hall–Kier alpha value is -4.39. The lowest BCUT2D eigenvalue weighted by Gasteiger charge is -2.08. The summed E-state index contributed by atoms with van der Waals surface area (Å²) >= 11 is 0. The third kappa shape index (κ3) is 9.93. The summed E-state index contributed by atoms with van der Waals surface area (Å²) in [5.74, 6) is -0.0787. The molecule has 0 aliphatic rings. The van der Waals surface area contributed by atoms with Gasteiger partial charge in [-0.25, -0.2) is 14.4 Å². The van der Waals surface area contributed by atoms with Crippen molar-refractivity contribution in [1.82, 2.24) is 0 Å². The molecule has 0 N–H and O–H groups in total. The van der Waals surface area contributed by atoms with Crippen LogP contribution in [0.5, 0.6) is 17.2 Å². The average molecular weight is 519 g/mol. The van der Waals surface area contributed by atoms with E-state index in [9.17, 15) is 14.4 Å². The summed E-state index contributed by atoms with van der Waals surface area (Å²) in [6, 6.07) is 20.1. The van der Waals surface area contributed by atoms with Gasteiger partial charge >= 0.3 is 17.9 Å². The number of rotatable bonds is 12. The zero-order chi connectivity index (χ0) is 27.8. The van der Waals surface area contributed by atoms with Gasteiger partial charge < -0.3 is 18.9 Å². The highest BCUT2D eigenvalue weighted by Crippen LogP contribution is 2.19. The molecule has 7 nitrogen and oxygen atoms in total. The van der Waals surface area contributed by atoms with Crippen molar-refractivity contribution in [2.24, 2.45) is 0 Å². The zero-order valence-corrected chi connectivity index (χ0v) is 22.1. The Morgan fingerprint density at radius 3 is 1.61 bits per heavy atom. The Balaban J connectivity index is 0.00000247. The van der Waals surface area contributed by atoms with Crippen LogP contribution in [0.15, 0.2) is 85.5 Å². The maximum absolute atomic E-state index is 12.4. The van der Waals surface area contributed by atoms with Crippen molar-refractivity contribution in [2.75, 3.05) is 13.2 Å². The second-order valence-electron chi connectivity index (χ2n) is 7.75. The van der Waals surface area contributed by atoms with Crippen LogP contribution in [0.25, 0.3) is 0 Å². The standard InChI is InChI=1S/C29H28O7.C2H6/c1-3-21-7-13-25(14-8-21)35-29(32)23-11-17-26(18-12-23)36-28(31)22-9-15-24(16-10-22)33-19-5-6-20-34-27(30)4-2;1-2/h4,7-18H,2-3,5-6,19-20H2,1H3;1-2H3. The predicted molar refractivity (Wildman–Crippen MR) is 146 cm³/mol. The van der Waals surface area contributed by atoms with Gasteiger partial charge in [-0.2, -0.15) is 0 Å². The molecule has 0 fully saturated rings. The van der Waals surface area contributed by atoms with E-state index in [2.05, 4.69) is 13.5 Å². The highest BCUT2D eigenvalue weighted by molar-refractivity contribution is 5.92. The lowest BCUT2D eigenvalue weighted by atomic mass is 10.2. The first-order valence-corrected chi connectivity index (χ1v) is 12.6. The third-order valence-electron chi connectivity index (χ3n) is 5.15. The van der Waals surface area contributed by atoms with Gasteiger partial charge in [-0.3, -0.25) is 0 Å². The Labute approximate surface area is 224 Å². The molecule has 0 saturated heterocycles. The van der Waals surface area contributed by atoms with E-state index in [4.69, 9.17) is 18.9 Å². The average Bonchev–Trinajstić information content (AvgIpc) is 2.96. The van der Waals surface area contributed by atoms with Crippen LogP contribution in [0.4, 0.5) is 0 Å². The molecule has 0 unspecified atom stereocenters. The van der Waals surface area contributed by atoms with Crippen molar-refractivity contribution in [3.63, 3.8) is 0 Å². The van der Waals surface area contributed by atoms with Crippen molar-refractivity contribution in [1.29, 1.82) is 0 Å². The van der Waals surface area contributed by atoms with Crippen LogP contribution >= 0.6 is 0 Å². The van der Waals surface area contributed by atoms with E-state index in [0.717, 1.165) is 18.1 Å². The molecular formula is C31H34O7. The van der Waals surface area contributed by atoms with Gasteiger partial charge in [-0.1, -0.05) is 39.5 Å². The summed E-state index contributed by atoms with van der Waals surface area (Å²) in [6.07, 6.45) is 3.42. The number of hydrogen-bond donors (Lipinski definition) is 0. The molecule has 7 heteroatoms. The second-order valence-corrected chi connectivity index (χ2v) is 7.75. The molecule has 0 aliphatic heterocycles. The molecule has 0 radical (unpaired) electrons. The van der Waals surface area contributed by atoms with Crippen LogP contribution in [-0.2, 0) is 16.0 Å². The molecular weight excluding hydrogens is 484 g/mol. The van der Waals surface area contributed by atoms with E-state index in [0.29, 0.717) is 54.4 Å². The highest BCUT2D eigenvalue weighted by atomic mass is 16.5. The summed E-state index contributed by atoms with van der Waals surface area (Å²) in [7, 11) is 0. The van der Waals surface area contributed by atoms with Gasteiger partial charge in [-0.15, -0.1) is 0 Å².